The molecule has 0 saturated carbocycles. The Kier molecular flexibility index (Phi) is 5.43. The molecule has 0 radical (unpaired) electrons. The van der Waals surface area contributed by atoms with Gasteiger partial charge in [0.25, 0.3) is 5.92 Å². The predicted molar refractivity (Wildman–Crippen MR) is 48.5 cm³/mol. The molecule has 0 aromatic rings. The van der Waals surface area contributed by atoms with Gasteiger partial charge >= 0.3 is 0 Å². The van der Waals surface area contributed by atoms with Gasteiger partial charge in [-0.05, 0) is 12.8 Å². The Balaban J connectivity index is 3.95. The van der Waals surface area contributed by atoms with E-state index in [2.05, 4.69) is 0 Å². The van der Waals surface area contributed by atoms with E-state index in [4.69, 9.17) is 0 Å². The number of hydrogen-bond acceptors (Lipinski definition) is 0. The van der Waals surface area contributed by atoms with Crippen LogP contribution in [0.3, 0.4) is 0 Å². The Bertz CT molecular complexity index is 110. The second-order valence-corrected chi connectivity index (χ2v) is 3.36. The van der Waals surface area contributed by atoms with Crippen LogP contribution in [0.4, 0.5) is 8.78 Å². The predicted octanol–water partition coefficient (Wildman–Crippen LogP) is 4.25. The molecule has 1 unspecified atom stereocenters. The van der Waals surface area contributed by atoms with E-state index in [-0.39, 0.29) is 6.42 Å². The SMILES string of the molecule is CCCCC(CC)C(F)(F)CC. The van der Waals surface area contributed by atoms with Gasteiger partial charge in [-0.25, -0.2) is 8.78 Å². The first-order valence-corrected chi connectivity index (χ1v) is 4.96. The molecule has 12 heavy (non-hydrogen) atoms. The molecule has 0 aliphatic rings. The number of hydrogen-bond donors (Lipinski definition) is 0. The zero-order chi connectivity index (χ0) is 9.61. The second kappa shape index (κ2) is 5.50. The Morgan fingerprint density at radius 2 is 1.75 bits per heavy atom. The topological polar surface area (TPSA) is 0 Å². The van der Waals surface area contributed by atoms with Crippen molar-refractivity contribution in [3.63, 3.8) is 0 Å². The first-order chi connectivity index (χ1) is 5.58. The van der Waals surface area contributed by atoms with Crippen LogP contribution < -0.4 is 0 Å². The summed E-state index contributed by atoms with van der Waals surface area (Å²) in [5.41, 5.74) is 0. The van der Waals surface area contributed by atoms with Gasteiger partial charge in [-0.15, -0.1) is 0 Å². The summed E-state index contributed by atoms with van der Waals surface area (Å²) in [6, 6.07) is 0. The van der Waals surface area contributed by atoms with Crippen LogP contribution in [-0.4, -0.2) is 5.92 Å². The highest BCUT2D eigenvalue weighted by atomic mass is 19.3. The van der Waals surface area contributed by atoms with Gasteiger partial charge in [-0.2, -0.15) is 0 Å². The van der Waals surface area contributed by atoms with Crippen molar-refractivity contribution in [2.45, 2.75) is 58.8 Å². The summed E-state index contributed by atoms with van der Waals surface area (Å²) < 4.78 is 26.3. The minimum atomic E-state index is -2.44. The van der Waals surface area contributed by atoms with E-state index in [1.165, 1.54) is 0 Å². The van der Waals surface area contributed by atoms with Crippen LogP contribution in [0.25, 0.3) is 0 Å². The van der Waals surface area contributed by atoms with Crippen LogP contribution in [0.5, 0.6) is 0 Å². The molecular weight excluding hydrogens is 158 g/mol. The van der Waals surface area contributed by atoms with Gasteiger partial charge < -0.3 is 0 Å². The lowest BCUT2D eigenvalue weighted by molar-refractivity contribution is -0.0661. The largest absolute Gasteiger partial charge is 0.250 e. The second-order valence-electron chi connectivity index (χ2n) is 3.36. The Morgan fingerprint density at radius 1 is 1.17 bits per heavy atom. The lowest BCUT2D eigenvalue weighted by Gasteiger charge is -2.24. The van der Waals surface area contributed by atoms with Crippen LogP contribution in [0.15, 0.2) is 0 Å². The number of unbranched alkanes of at least 4 members (excludes halogenated alkanes) is 1. The maximum absolute atomic E-state index is 13.1. The normalized spacial score (nSPS) is 14.8. The molecule has 1 atom stereocenters. The molecule has 74 valence electrons. The zero-order valence-electron chi connectivity index (χ0n) is 8.37. The van der Waals surface area contributed by atoms with Crippen molar-refractivity contribution in [2.24, 2.45) is 5.92 Å². The average molecular weight is 178 g/mol. The molecule has 0 heterocycles. The Labute approximate surface area is 74.4 Å². The van der Waals surface area contributed by atoms with Gasteiger partial charge in [-0.3, -0.25) is 0 Å². The summed E-state index contributed by atoms with van der Waals surface area (Å²) in [6.45, 7) is 5.45. The van der Waals surface area contributed by atoms with Crippen molar-refractivity contribution in [1.82, 2.24) is 0 Å². The van der Waals surface area contributed by atoms with E-state index in [1.54, 1.807) is 6.92 Å². The fraction of sp³-hybridized carbons (Fsp3) is 1.00. The molecule has 0 aromatic carbocycles. The van der Waals surface area contributed by atoms with E-state index in [0.29, 0.717) is 12.8 Å². The highest BCUT2D eigenvalue weighted by molar-refractivity contribution is 4.74. The molecule has 0 fully saturated rings. The van der Waals surface area contributed by atoms with Crippen LogP contribution in [-0.2, 0) is 0 Å². The summed E-state index contributed by atoms with van der Waals surface area (Å²) in [5.74, 6) is -2.84. The van der Waals surface area contributed by atoms with Crippen LogP contribution in [0.1, 0.15) is 52.9 Å². The monoisotopic (exact) mass is 178 g/mol. The summed E-state index contributed by atoms with van der Waals surface area (Å²) >= 11 is 0. The highest BCUT2D eigenvalue weighted by Gasteiger charge is 2.35. The summed E-state index contributed by atoms with van der Waals surface area (Å²) in [7, 11) is 0. The highest BCUT2D eigenvalue weighted by Crippen LogP contribution is 2.33. The van der Waals surface area contributed by atoms with Crippen molar-refractivity contribution in [3.05, 3.63) is 0 Å². The molecule has 0 nitrogen and oxygen atoms in total. The van der Waals surface area contributed by atoms with Crippen LogP contribution in [0.2, 0.25) is 0 Å². The lowest BCUT2D eigenvalue weighted by Crippen LogP contribution is -2.26. The molecular formula is C10H20F2. The van der Waals surface area contributed by atoms with Crippen LogP contribution >= 0.6 is 0 Å². The van der Waals surface area contributed by atoms with E-state index >= 15 is 0 Å². The van der Waals surface area contributed by atoms with Crippen LogP contribution in [0, 0.1) is 5.92 Å². The first kappa shape index (κ1) is 11.9. The zero-order valence-corrected chi connectivity index (χ0v) is 8.37. The van der Waals surface area contributed by atoms with Gasteiger partial charge in [0, 0.05) is 12.3 Å². The smallest absolute Gasteiger partial charge is 0.207 e. The Hall–Kier alpha value is -0.140. The van der Waals surface area contributed by atoms with Gasteiger partial charge in [0.2, 0.25) is 0 Å². The minimum absolute atomic E-state index is 0.0186. The van der Waals surface area contributed by atoms with Crippen molar-refractivity contribution in [3.8, 4) is 0 Å². The standard InChI is InChI=1S/C10H20F2/c1-4-7-8-9(5-2)10(11,12)6-3/h9H,4-8H2,1-3H3. The lowest BCUT2D eigenvalue weighted by atomic mass is 9.91. The molecule has 0 aliphatic carbocycles. The minimum Gasteiger partial charge on any atom is -0.207 e. The summed E-state index contributed by atoms with van der Waals surface area (Å²) in [5, 5.41) is 0. The maximum Gasteiger partial charge on any atom is 0.250 e. The number of alkyl halides is 2. The molecule has 0 aromatic heterocycles. The third-order valence-electron chi connectivity index (χ3n) is 2.47. The molecule has 0 rings (SSSR count). The van der Waals surface area contributed by atoms with Gasteiger partial charge in [-0.1, -0.05) is 33.6 Å². The van der Waals surface area contributed by atoms with E-state index < -0.39 is 11.8 Å². The van der Waals surface area contributed by atoms with E-state index in [0.717, 1.165) is 12.8 Å². The molecule has 0 N–H and O–H groups in total. The average Bonchev–Trinajstić information content (AvgIpc) is 2.05. The third-order valence-corrected chi connectivity index (χ3v) is 2.47. The van der Waals surface area contributed by atoms with E-state index in [9.17, 15) is 8.78 Å². The number of rotatable bonds is 6. The quantitative estimate of drug-likeness (QED) is 0.570. The molecule has 0 aliphatic heterocycles. The van der Waals surface area contributed by atoms with Gasteiger partial charge in [0.1, 0.15) is 0 Å². The number of halogens is 2. The van der Waals surface area contributed by atoms with Crippen molar-refractivity contribution in [2.75, 3.05) is 0 Å². The van der Waals surface area contributed by atoms with Crippen molar-refractivity contribution >= 4 is 0 Å². The summed E-state index contributed by atoms with van der Waals surface area (Å²) in [4.78, 5) is 0. The molecule has 0 spiro atoms. The molecule has 2 heteroatoms. The fourth-order valence-electron chi connectivity index (χ4n) is 1.45. The van der Waals surface area contributed by atoms with Crippen molar-refractivity contribution in [1.29, 1.82) is 0 Å². The van der Waals surface area contributed by atoms with E-state index in [1.807, 2.05) is 13.8 Å². The summed E-state index contributed by atoms with van der Waals surface area (Å²) in [6.07, 6.45) is 3.19. The van der Waals surface area contributed by atoms with Gasteiger partial charge in [0.15, 0.2) is 0 Å². The Morgan fingerprint density at radius 3 is 2.08 bits per heavy atom. The molecule has 0 amide bonds. The fourth-order valence-corrected chi connectivity index (χ4v) is 1.45. The molecule has 0 bridgehead atoms. The maximum atomic E-state index is 13.1. The van der Waals surface area contributed by atoms with Gasteiger partial charge in [0.05, 0.1) is 0 Å². The molecule has 0 saturated heterocycles. The third kappa shape index (κ3) is 3.51. The first-order valence-electron chi connectivity index (χ1n) is 4.96. The van der Waals surface area contributed by atoms with Crippen molar-refractivity contribution < 1.29 is 8.78 Å².